The van der Waals surface area contributed by atoms with Gasteiger partial charge in [0, 0.05) is 0 Å². The topological polar surface area (TPSA) is 0 Å². The molecule has 76 valence electrons. The van der Waals surface area contributed by atoms with Gasteiger partial charge in [0.25, 0.3) is 0 Å². The molecule has 0 bridgehead atoms. The Labute approximate surface area is 83.1 Å². The van der Waals surface area contributed by atoms with Crippen molar-refractivity contribution in [3.63, 3.8) is 0 Å². The van der Waals surface area contributed by atoms with Gasteiger partial charge < -0.3 is 0 Å². The molecule has 2 aliphatic carbocycles. The average molecular weight is 180 g/mol. The van der Waals surface area contributed by atoms with Gasteiger partial charge in [0.1, 0.15) is 0 Å². The van der Waals surface area contributed by atoms with Gasteiger partial charge in [-0.15, -0.1) is 0 Å². The zero-order valence-electron chi connectivity index (χ0n) is 9.47. The van der Waals surface area contributed by atoms with Crippen LogP contribution in [0.3, 0.4) is 0 Å². The molecule has 1 spiro atoms. The van der Waals surface area contributed by atoms with Crippen LogP contribution in [0, 0.1) is 23.2 Å². The maximum atomic E-state index is 2.44. The molecular formula is C13H24. The highest BCUT2D eigenvalue weighted by Crippen LogP contribution is 2.55. The van der Waals surface area contributed by atoms with E-state index in [-0.39, 0.29) is 0 Å². The van der Waals surface area contributed by atoms with Crippen molar-refractivity contribution in [3.8, 4) is 0 Å². The summed E-state index contributed by atoms with van der Waals surface area (Å²) in [4.78, 5) is 0. The van der Waals surface area contributed by atoms with Crippen LogP contribution in [0.5, 0.6) is 0 Å². The van der Waals surface area contributed by atoms with Crippen molar-refractivity contribution in [2.45, 2.75) is 59.3 Å². The Balaban J connectivity index is 1.97. The van der Waals surface area contributed by atoms with Crippen LogP contribution in [-0.2, 0) is 0 Å². The Hall–Kier alpha value is 0. The molecule has 13 heavy (non-hydrogen) atoms. The number of hydrogen-bond acceptors (Lipinski definition) is 0. The molecule has 2 rings (SSSR count). The predicted molar refractivity (Wildman–Crippen MR) is 57.6 cm³/mol. The zero-order valence-corrected chi connectivity index (χ0v) is 9.47. The van der Waals surface area contributed by atoms with Crippen molar-refractivity contribution in [1.29, 1.82) is 0 Å². The Morgan fingerprint density at radius 1 is 1.08 bits per heavy atom. The quantitative estimate of drug-likeness (QED) is 0.566. The van der Waals surface area contributed by atoms with Crippen LogP contribution in [0.1, 0.15) is 59.3 Å². The predicted octanol–water partition coefficient (Wildman–Crippen LogP) is 4.25. The normalized spacial score (nSPS) is 45.2. The average Bonchev–Trinajstić information content (AvgIpc) is 2.61. The molecule has 0 N–H and O–H groups in total. The second-order valence-corrected chi connectivity index (χ2v) is 6.09. The third kappa shape index (κ3) is 1.78. The lowest BCUT2D eigenvalue weighted by Crippen LogP contribution is -2.13. The van der Waals surface area contributed by atoms with Crippen molar-refractivity contribution in [3.05, 3.63) is 0 Å². The molecule has 0 aromatic heterocycles. The minimum absolute atomic E-state index is 0.814. The fourth-order valence-electron chi connectivity index (χ4n) is 3.73. The van der Waals surface area contributed by atoms with E-state index < -0.39 is 0 Å². The molecule has 0 aromatic carbocycles. The van der Waals surface area contributed by atoms with E-state index in [1.165, 1.54) is 25.7 Å². The first kappa shape index (κ1) is 9.55. The van der Waals surface area contributed by atoms with Crippen molar-refractivity contribution >= 4 is 0 Å². The van der Waals surface area contributed by atoms with E-state index in [1.54, 1.807) is 12.8 Å². The van der Waals surface area contributed by atoms with Crippen molar-refractivity contribution in [2.24, 2.45) is 23.2 Å². The van der Waals surface area contributed by atoms with Gasteiger partial charge in [-0.25, -0.2) is 0 Å². The molecule has 2 fully saturated rings. The van der Waals surface area contributed by atoms with E-state index in [0.717, 1.165) is 23.2 Å². The summed E-state index contributed by atoms with van der Waals surface area (Å²) in [6, 6.07) is 0. The second kappa shape index (κ2) is 3.29. The highest BCUT2D eigenvalue weighted by Gasteiger charge is 2.43. The van der Waals surface area contributed by atoms with Crippen LogP contribution < -0.4 is 0 Å². The monoisotopic (exact) mass is 180 g/mol. The van der Waals surface area contributed by atoms with Crippen molar-refractivity contribution in [2.75, 3.05) is 0 Å². The summed E-state index contributed by atoms with van der Waals surface area (Å²) < 4.78 is 0. The van der Waals surface area contributed by atoms with Crippen molar-refractivity contribution < 1.29 is 0 Å². The summed E-state index contributed by atoms with van der Waals surface area (Å²) in [6.07, 6.45) is 9.19. The van der Waals surface area contributed by atoms with Gasteiger partial charge in [0.2, 0.25) is 0 Å². The third-order valence-corrected chi connectivity index (χ3v) is 4.63. The van der Waals surface area contributed by atoms with E-state index in [1.807, 2.05) is 0 Å². The lowest BCUT2D eigenvalue weighted by atomic mass is 9.81. The standard InChI is InChI=1S/C13H24/c1-10(2)12-5-7-13(9-12)6-4-11(3)8-13/h10-12H,4-9H2,1-3H3. The first-order valence-electron chi connectivity index (χ1n) is 6.11. The summed E-state index contributed by atoms with van der Waals surface area (Å²) in [6.45, 7) is 7.25. The van der Waals surface area contributed by atoms with Gasteiger partial charge in [-0.05, 0) is 55.3 Å². The zero-order chi connectivity index (χ0) is 9.47. The fraction of sp³-hybridized carbons (Fsp3) is 1.00. The molecule has 0 saturated heterocycles. The van der Waals surface area contributed by atoms with Crippen LogP contribution >= 0.6 is 0 Å². The van der Waals surface area contributed by atoms with Crippen LogP contribution in [0.15, 0.2) is 0 Å². The highest BCUT2D eigenvalue weighted by molar-refractivity contribution is 4.94. The maximum absolute atomic E-state index is 2.44. The van der Waals surface area contributed by atoms with E-state index in [9.17, 15) is 0 Å². The molecule has 0 aliphatic heterocycles. The summed E-state index contributed by atoms with van der Waals surface area (Å²) in [5.41, 5.74) is 0.814. The van der Waals surface area contributed by atoms with E-state index in [4.69, 9.17) is 0 Å². The first-order valence-corrected chi connectivity index (χ1v) is 6.11. The Morgan fingerprint density at radius 3 is 2.23 bits per heavy atom. The minimum Gasteiger partial charge on any atom is -0.0625 e. The Bertz CT molecular complexity index is 182. The summed E-state index contributed by atoms with van der Waals surface area (Å²) in [5, 5.41) is 0. The molecule has 2 saturated carbocycles. The summed E-state index contributed by atoms with van der Waals surface area (Å²) in [5.74, 6) is 2.99. The van der Waals surface area contributed by atoms with Gasteiger partial charge in [-0.1, -0.05) is 27.2 Å². The third-order valence-electron chi connectivity index (χ3n) is 4.63. The van der Waals surface area contributed by atoms with Gasteiger partial charge in [0.05, 0.1) is 0 Å². The molecule has 0 heteroatoms. The van der Waals surface area contributed by atoms with Gasteiger partial charge in [-0.2, -0.15) is 0 Å². The van der Waals surface area contributed by atoms with Crippen LogP contribution in [-0.4, -0.2) is 0 Å². The lowest BCUT2D eigenvalue weighted by molar-refractivity contribution is 0.266. The second-order valence-electron chi connectivity index (χ2n) is 6.09. The Kier molecular flexibility index (Phi) is 2.42. The number of hydrogen-bond donors (Lipinski definition) is 0. The van der Waals surface area contributed by atoms with Gasteiger partial charge in [0.15, 0.2) is 0 Å². The van der Waals surface area contributed by atoms with E-state index in [0.29, 0.717) is 0 Å². The lowest BCUT2D eigenvalue weighted by Gasteiger charge is -2.24. The molecular weight excluding hydrogens is 156 g/mol. The van der Waals surface area contributed by atoms with E-state index >= 15 is 0 Å². The molecule has 3 unspecified atom stereocenters. The van der Waals surface area contributed by atoms with Crippen molar-refractivity contribution in [1.82, 2.24) is 0 Å². The van der Waals surface area contributed by atoms with Gasteiger partial charge in [-0.3, -0.25) is 0 Å². The summed E-state index contributed by atoms with van der Waals surface area (Å²) >= 11 is 0. The highest BCUT2D eigenvalue weighted by atomic mass is 14.5. The molecule has 0 radical (unpaired) electrons. The molecule has 0 amide bonds. The SMILES string of the molecule is CC1CCC2(CCC(C(C)C)C2)C1. The van der Waals surface area contributed by atoms with Crippen LogP contribution in [0.4, 0.5) is 0 Å². The number of rotatable bonds is 1. The molecule has 3 atom stereocenters. The molecule has 2 aliphatic rings. The molecule has 0 nitrogen and oxygen atoms in total. The van der Waals surface area contributed by atoms with Gasteiger partial charge >= 0.3 is 0 Å². The summed E-state index contributed by atoms with van der Waals surface area (Å²) in [7, 11) is 0. The maximum Gasteiger partial charge on any atom is -0.0292 e. The smallest absolute Gasteiger partial charge is 0.0292 e. The molecule has 0 heterocycles. The fourth-order valence-corrected chi connectivity index (χ4v) is 3.73. The largest absolute Gasteiger partial charge is 0.0625 e. The van der Waals surface area contributed by atoms with Crippen LogP contribution in [0.2, 0.25) is 0 Å². The van der Waals surface area contributed by atoms with Crippen LogP contribution in [0.25, 0.3) is 0 Å². The first-order chi connectivity index (χ1) is 6.11. The van der Waals surface area contributed by atoms with E-state index in [2.05, 4.69) is 20.8 Å². The Morgan fingerprint density at radius 2 is 1.77 bits per heavy atom. The molecule has 0 aromatic rings. The minimum atomic E-state index is 0.814.